The highest BCUT2D eigenvalue weighted by atomic mass is 16.3. The van der Waals surface area contributed by atoms with Gasteiger partial charge in [0.25, 0.3) is 0 Å². The van der Waals surface area contributed by atoms with Crippen molar-refractivity contribution in [2.45, 2.75) is 38.6 Å². The third-order valence-electron chi connectivity index (χ3n) is 1.91. The van der Waals surface area contributed by atoms with Gasteiger partial charge in [-0.05, 0) is 19.4 Å². The highest BCUT2D eigenvalue weighted by Crippen LogP contribution is 1.94. The fourth-order valence-electron chi connectivity index (χ4n) is 1.09. The quantitative estimate of drug-likeness (QED) is 0.471. The van der Waals surface area contributed by atoms with Crippen LogP contribution in [0.2, 0.25) is 0 Å². The summed E-state index contributed by atoms with van der Waals surface area (Å²) < 4.78 is 0. The van der Waals surface area contributed by atoms with Crippen LogP contribution in [0.5, 0.6) is 0 Å². The summed E-state index contributed by atoms with van der Waals surface area (Å²) in [6.45, 7) is 3.37. The van der Waals surface area contributed by atoms with E-state index >= 15 is 0 Å². The predicted molar refractivity (Wildman–Crippen MR) is 50.1 cm³/mol. The third kappa shape index (κ3) is 6.58. The van der Waals surface area contributed by atoms with E-state index in [4.69, 9.17) is 10.2 Å². The molecule has 3 nitrogen and oxygen atoms in total. The first-order valence-electron chi connectivity index (χ1n) is 4.80. The zero-order valence-electron chi connectivity index (χ0n) is 7.92. The second-order valence-corrected chi connectivity index (χ2v) is 3.05. The highest BCUT2D eigenvalue weighted by molar-refractivity contribution is 4.64. The maximum absolute atomic E-state index is 8.84. The van der Waals surface area contributed by atoms with Gasteiger partial charge in [-0.2, -0.15) is 0 Å². The van der Waals surface area contributed by atoms with Gasteiger partial charge in [-0.25, -0.2) is 0 Å². The summed E-state index contributed by atoms with van der Waals surface area (Å²) in [5, 5.41) is 20.7. The molecule has 0 amide bonds. The Balaban J connectivity index is 3.19. The van der Waals surface area contributed by atoms with Gasteiger partial charge in [0.2, 0.25) is 0 Å². The maximum Gasteiger partial charge on any atom is 0.0585 e. The molecule has 3 heteroatoms. The van der Waals surface area contributed by atoms with Crippen molar-refractivity contribution in [2.24, 2.45) is 0 Å². The summed E-state index contributed by atoms with van der Waals surface area (Å²) in [7, 11) is 0. The van der Waals surface area contributed by atoms with Crippen molar-refractivity contribution in [3.8, 4) is 0 Å². The molecule has 0 bridgehead atoms. The highest BCUT2D eigenvalue weighted by Gasteiger charge is 2.03. The van der Waals surface area contributed by atoms with E-state index in [0.717, 1.165) is 13.0 Å². The monoisotopic (exact) mass is 175 g/mol. The maximum atomic E-state index is 8.84. The van der Waals surface area contributed by atoms with Crippen LogP contribution in [0.1, 0.15) is 32.6 Å². The van der Waals surface area contributed by atoms with Crippen molar-refractivity contribution in [1.29, 1.82) is 0 Å². The molecule has 0 spiro atoms. The molecule has 1 atom stereocenters. The van der Waals surface area contributed by atoms with Crippen LogP contribution >= 0.6 is 0 Å². The summed E-state index contributed by atoms with van der Waals surface area (Å²) in [6.07, 6.45) is 4.23. The lowest BCUT2D eigenvalue weighted by Crippen LogP contribution is -2.33. The molecule has 3 N–H and O–H groups in total. The van der Waals surface area contributed by atoms with E-state index in [-0.39, 0.29) is 19.3 Å². The fourth-order valence-corrected chi connectivity index (χ4v) is 1.09. The van der Waals surface area contributed by atoms with Crippen LogP contribution in [0.25, 0.3) is 0 Å². The first-order chi connectivity index (χ1) is 5.85. The van der Waals surface area contributed by atoms with E-state index in [2.05, 4.69) is 12.2 Å². The van der Waals surface area contributed by atoms with Crippen LogP contribution in [0.3, 0.4) is 0 Å². The van der Waals surface area contributed by atoms with Crippen molar-refractivity contribution in [1.82, 2.24) is 5.32 Å². The zero-order chi connectivity index (χ0) is 9.23. The van der Waals surface area contributed by atoms with E-state index in [0.29, 0.717) is 6.42 Å². The second kappa shape index (κ2) is 8.97. The van der Waals surface area contributed by atoms with Crippen molar-refractivity contribution >= 4 is 0 Å². The molecule has 0 saturated heterocycles. The average molecular weight is 175 g/mol. The molecule has 0 fully saturated rings. The molecule has 0 aliphatic heterocycles. The Morgan fingerprint density at radius 1 is 1.25 bits per heavy atom. The molecule has 0 aromatic heterocycles. The van der Waals surface area contributed by atoms with E-state index in [1.165, 1.54) is 12.8 Å². The summed E-state index contributed by atoms with van der Waals surface area (Å²) in [4.78, 5) is 0. The minimum Gasteiger partial charge on any atom is -0.396 e. The Bertz CT molecular complexity index is 88.6. The molecular formula is C9H21NO2. The van der Waals surface area contributed by atoms with Crippen LogP contribution in [0.4, 0.5) is 0 Å². The van der Waals surface area contributed by atoms with Crippen molar-refractivity contribution < 1.29 is 10.2 Å². The standard InChI is InChI=1S/C9H21NO2/c1-2-3-4-6-10-9(8-12)5-7-11/h9-12H,2-8H2,1H3. The van der Waals surface area contributed by atoms with Crippen molar-refractivity contribution in [3.63, 3.8) is 0 Å². The lowest BCUT2D eigenvalue weighted by molar-refractivity contribution is 0.200. The van der Waals surface area contributed by atoms with Gasteiger partial charge in [-0.15, -0.1) is 0 Å². The molecule has 1 unspecified atom stereocenters. The molecule has 0 heterocycles. The Morgan fingerprint density at radius 2 is 2.00 bits per heavy atom. The molecule has 0 aromatic carbocycles. The second-order valence-electron chi connectivity index (χ2n) is 3.05. The lowest BCUT2D eigenvalue weighted by Gasteiger charge is -2.14. The number of nitrogens with one attached hydrogen (secondary N) is 1. The Hall–Kier alpha value is -0.120. The third-order valence-corrected chi connectivity index (χ3v) is 1.91. The van der Waals surface area contributed by atoms with Crippen molar-refractivity contribution in [2.75, 3.05) is 19.8 Å². The number of hydrogen-bond acceptors (Lipinski definition) is 3. The van der Waals surface area contributed by atoms with E-state index in [1.807, 2.05) is 0 Å². The summed E-state index contributed by atoms with van der Waals surface area (Å²) in [5.41, 5.74) is 0. The van der Waals surface area contributed by atoms with Gasteiger partial charge in [0.05, 0.1) is 6.61 Å². The van der Waals surface area contributed by atoms with E-state index in [1.54, 1.807) is 0 Å². The Kier molecular flexibility index (Phi) is 8.88. The van der Waals surface area contributed by atoms with Gasteiger partial charge >= 0.3 is 0 Å². The van der Waals surface area contributed by atoms with Crippen LogP contribution in [-0.2, 0) is 0 Å². The van der Waals surface area contributed by atoms with E-state index < -0.39 is 0 Å². The van der Waals surface area contributed by atoms with Gasteiger partial charge in [-0.1, -0.05) is 19.8 Å². The SMILES string of the molecule is CCCCCNC(CO)CCO. The molecule has 0 aliphatic rings. The van der Waals surface area contributed by atoms with Gasteiger partial charge in [0.1, 0.15) is 0 Å². The lowest BCUT2D eigenvalue weighted by atomic mass is 10.2. The van der Waals surface area contributed by atoms with Crippen LogP contribution in [0, 0.1) is 0 Å². The van der Waals surface area contributed by atoms with Gasteiger partial charge in [0, 0.05) is 12.6 Å². The van der Waals surface area contributed by atoms with Crippen molar-refractivity contribution in [3.05, 3.63) is 0 Å². The normalized spacial score (nSPS) is 13.2. The smallest absolute Gasteiger partial charge is 0.0585 e. The largest absolute Gasteiger partial charge is 0.396 e. The number of unbranched alkanes of at least 4 members (excludes halogenated alkanes) is 2. The number of aliphatic hydroxyl groups is 2. The molecule has 0 rings (SSSR count). The average Bonchev–Trinajstić information content (AvgIpc) is 2.10. The van der Waals surface area contributed by atoms with Crippen LogP contribution in [-0.4, -0.2) is 36.0 Å². The summed E-state index contributed by atoms with van der Waals surface area (Å²) in [5.74, 6) is 0. The van der Waals surface area contributed by atoms with Gasteiger partial charge < -0.3 is 15.5 Å². The van der Waals surface area contributed by atoms with Crippen LogP contribution in [0.15, 0.2) is 0 Å². The summed E-state index contributed by atoms with van der Waals surface area (Å²) >= 11 is 0. The zero-order valence-corrected chi connectivity index (χ0v) is 7.92. The first-order valence-corrected chi connectivity index (χ1v) is 4.80. The molecule has 0 aliphatic carbocycles. The molecule has 12 heavy (non-hydrogen) atoms. The van der Waals surface area contributed by atoms with Crippen LogP contribution < -0.4 is 5.32 Å². The number of rotatable bonds is 8. The molecule has 0 saturated carbocycles. The van der Waals surface area contributed by atoms with Gasteiger partial charge in [0.15, 0.2) is 0 Å². The topological polar surface area (TPSA) is 52.5 Å². The number of aliphatic hydroxyl groups excluding tert-OH is 2. The molecule has 0 radical (unpaired) electrons. The minimum atomic E-state index is 0.0758. The summed E-state index contributed by atoms with van der Waals surface area (Å²) in [6, 6.07) is 0.0758. The molecular weight excluding hydrogens is 154 g/mol. The minimum absolute atomic E-state index is 0.0758. The predicted octanol–water partition coefficient (Wildman–Crippen LogP) is 0.509. The molecule has 0 aromatic rings. The molecule has 74 valence electrons. The first kappa shape index (κ1) is 11.9. The Morgan fingerprint density at radius 3 is 2.50 bits per heavy atom. The Labute approximate surface area is 74.8 Å². The fraction of sp³-hybridized carbons (Fsp3) is 1.00. The van der Waals surface area contributed by atoms with Gasteiger partial charge in [-0.3, -0.25) is 0 Å². The number of hydrogen-bond donors (Lipinski definition) is 3. The van der Waals surface area contributed by atoms with E-state index in [9.17, 15) is 0 Å².